The zero-order valence-corrected chi connectivity index (χ0v) is 12.1. The van der Waals surface area contributed by atoms with Gasteiger partial charge in [0.15, 0.2) is 0 Å². The Bertz CT molecular complexity index is 643. The summed E-state index contributed by atoms with van der Waals surface area (Å²) in [4.78, 5) is 0. The fourth-order valence-corrected chi connectivity index (χ4v) is 2.54. The number of hydrogen-bond donors (Lipinski definition) is 2. The van der Waals surface area contributed by atoms with Gasteiger partial charge in [0, 0.05) is 18.5 Å². The van der Waals surface area contributed by atoms with Crippen LogP contribution in [0.25, 0.3) is 0 Å². The average Bonchev–Trinajstić information content (AvgIpc) is 2.44. The maximum Gasteiger partial charge on any atom is 0.129 e. The molecule has 2 nitrogen and oxygen atoms in total. The lowest BCUT2D eigenvalue weighted by Crippen LogP contribution is -2.22. The standard InChI is InChI=1S/C17H19F2NO/c1-10-4-3-5-13(11(10)2)17(21)15(9-20)14-7-6-12(18)8-16(14)19/h3-8,15,17,21H,9,20H2,1-2H3. The monoisotopic (exact) mass is 291 g/mol. The predicted octanol–water partition coefficient (Wildman–Crippen LogP) is 3.36. The minimum absolute atomic E-state index is 0.0666. The minimum Gasteiger partial charge on any atom is -0.388 e. The third kappa shape index (κ3) is 3.12. The molecule has 0 aliphatic carbocycles. The summed E-state index contributed by atoms with van der Waals surface area (Å²) in [7, 11) is 0. The van der Waals surface area contributed by atoms with Gasteiger partial charge in [-0.15, -0.1) is 0 Å². The zero-order chi connectivity index (χ0) is 15.6. The number of aliphatic hydroxyl groups is 1. The van der Waals surface area contributed by atoms with Gasteiger partial charge in [-0.25, -0.2) is 8.78 Å². The third-order valence-electron chi connectivity index (χ3n) is 3.96. The molecule has 3 N–H and O–H groups in total. The minimum atomic E-state index is -0.935. The highest BCUT2D eigenvalue weighted by atomic mass is 19.1. The van der Waals surface area contributed by atoms with E-state index in [1.54, 1.807) is 6.07 Å². The van der Waals surface area contributed by atoms with Crippen molar-refractivity contribution in [1.82, 2.24) is 0 Å². The third-order valence-corrected chi connectivity index (χ3v) is 3.96. The van der Waals surface area contributed by atoms with Crippen molar-refractivity contribution in [2.24, 2.45) is 5.73 Å². The molecule has 2 rings (SSSR count). The smallest absolute Gasteiger partial charge is 0.129 e. The van der Waals surface area contributed by atoms with Crippen LogP contribution >= 0.6 is 0 Å². The van der Waals surface area contributed by atoms with Gasteiger partial charge >= 0.3 is 0 Å². The first-order valence-electron chi connectivity index (χ1n) is 6.85. The van der Waals surface area contributed by atoms with Gasteiger partial charge < -0.3 is 10.8 Å². The highest BCUT2D eigenvalue weighted by Crippen LogP contribution is 2.34. The molecule has 0 heterocycles. The van der Waals surface area contributed by atoms with Gasteiger partial charge in [0.05, 0.1) is 6.10 Å². The number of hydrogen-bond acceptors (Lipinski definition) is 2. The van der Waals surface area contributed by atoms with Crippen LogP contribution in [-0.4, -0.2) is 11.7 Å². The van der Waals surface area contributed by atoms with Crippen molar-refractivity contribution in [3.63, 3.8) is 0 Å². The van der Waals surface area contributed by atoms with Gasteiger partial charge in [-0.05, 0) is 42.2 Å². The Morgan fingerprint density at radius 1 is 1.10 bits per heavy atom. The van der Waals surface area contributed by atoms with Crippen LogP contribution in [0, 0.1) is 25.5 Å². The predicted molar refractivity (Wildman–Crippen MR) is 79.0 cm³/mol. The van der Waals surface area contributed by atoms with E-state index in [0.29, 0.717) is 5.56 Å². The first kappa shape index (κ1) is 15.6. The Morgan fingerprint density at radius 3 is 2.43 bits per heavy atom. The van der Waals surface area contributed by atoms with Crippen LogP contribution in [0.4, 0.5) is 8.78 Å². The molecule has 0 aliphatic heterocycles. The molecular weight excluding hydrogens is 272 g/mol. The fraction of sp³-hybridized carbons (Fsp3) is 0.294. The lowest BCUT2D eigenvalue weighted by atomic mass is 9.86. The number of halogens is 2. The number of nitrogens with two attached hydrogens (primary N) is 1. The molecule has 0 amide bonds. The molecule has 4 heteroatoms. The Labute approximate surface area is 123 Å². The highest BCUT2D eigenvalue weighted by Gasteiger charge is 2.25. The van der Waals surface area contributed by atoms with E-state index in [4.69, 9.17) is 5.73 Å². The zero-order valence-electron chi connectivity index (χ0n) is 12.1. The van der Waals surface area contributed by atoms with Gasteiger partial charge in [-0.2, -0.15) is 0 Å². The average molecular weight is 291 g/mol. The fourth-order valence-electron chi connectivity index (χ4n) is 2.54. The molecule has 0 fully saturated rings. The molecule has 0 spiro atoms. The molecule has 2 atom stereocenters. The Balaban J connectivity index is 2.43. The normalized spacial score (nSPS) is 14.0. The molecule has 2 unspecified atom stereocenters. The van der Waals surface area contributed by atoms with E-state index in [-0.39, 0.29) is 12.1 Å². The van der Waals surface area contributed by atoms with Crippen molar-refractivity contribution in [3.8, 4) is 0 Å². The highest BCUT2D eigenvalue weighted by molar-refractivity contribution is 5.37. The van der Waals surface area contributed by atoms with E-state index < -0.39 is 23.7 Å². The Hall–Kier alpha value is -1.78. The molecule has 0 radical (unpaired) electrons. The molecule has 0 aromatic heterocycles. The van der Waals surface area contributed by atoms with Crippen molar-refractivity contribution in [2.45, 2.75) is 25.9 Å². The summed E-state index contributed by atoms with van der Waals surface area (Å²) < 4.78 is 27.0. The van der Waals surface area contributed by atoms with E-state index in [9.17, 15) is 13.9 Å². The number of benzene rings is 2. The van der Waals surface area contributed by atoms with Gasteiger partial charge in [0.1, 0.15) is 11.6 Å². The summed E-state index contributed by atoms with van der Waals surface area (Å²) in [6.45, 7) is 3.92. The molecular formula is C17H19F2NO. The van der Waals surface area contributed by atoms with Crippen molar-refractivity contribution in [2.75, 3.05) is 6.54 Å². The summed E-state index contributed by atoms with van der Waals surface area (Å²) >= 11 is 0. The first-order chi connectivity index (χ1) is 9.95. The molecule has 0 saturated heterocycles. The van der Waals surface area contributed by atoms with Crippen LogP contribution in [0.15, 0.2) is 36.4 Å². The van der Waals surface area contributed by atoms with E-state index in [1.165, 1.54) is 12.1 Å². The summed E-state index contributed by atoms with van der Waals surface area (Å²) in [6.07, 6.45) is -0.935. The van der Waals surface area contributed by atoms with Crippen LogP contribution in [-0.2, 0) is 0 Å². The van der Waals surface area contributed by atoms with Crippen molar-refractivity contribution in [3.05, 3.63) is 70.3 Å². The Morgan fingerprint density at radius 2 is 1.81 bits per heavy atom. The van der Waals surface area contributed by atoms with Crippen LogP contribution in [0.1, 0.15) is 34.3 Å². The lowest BCUT2D eigenvalue weighted by molar-refractivity contribution is 0.145. The van der Waals surface area contributed by atoms with Gasteiger partial charge in [-0.3, -0.25) is 0 Å². The van der Waals surface area contributed by atoms with E-state index >= 15 is 0 Å². The van der Waals surface area contributed by atoms with Crippen LogP contribution < -0.4 is 5.73 Å². The molecule has 2 aromatic carbocycles. The van der Waals surface area contributed by atoms with E-state index in [2.05, 4.69) is 0 Å². The summed E-state index contributed by atoms with van der Waals surface area (Å²) in [6, 6.07) is 8.93. The molecule has 0 aliphatic rings. The second kappa shape index (κ2) is 6.33. The van der Waals surface area contributed by atoms with Crippen LogP contribution in [0.5, 0.6) is 0 Å². The second-order valence-corrected chi connectivity index (χ2v) is 5.24. The number of rotatable bonds is 4. The van der Waals surface area contributed by atoms with E-state index in [0.717, 1.165) is 17.2 Å². The van der Waals surface area contributed by atoms with E-state index in [1.807, 2.05) is 26.0 Å². The van der Waals surface area contributed by atoms with Gasteiger partial charge in [0.25, 0.3) is 0 Å². The molecule has 0 bridgehead atoms. The summed E-state index contributed by atoms with van der Waals surface area (Å²) in [5, 5.41) is 10.6. The maximum atomic E-state index is 13.9. The number of aliphatic hydroxyl groups excluding tert-OH is 1. The second-order valence-electron chi connectivity index (χ2n) is 5.24. The molecule has 0 saturated carbocycles. The van der Waals surface area contributed by atoms with Crippen molar-refractivity contribution >= 4 is 0 Å². The molecule has 21 heavy (non-hydrogen) atoms. The van der Waals surface area contributed by atoms with Crippen molar-refractivity contribution < 1.29 is 13.9 Å². The SMILES string of the molecule is Cc1cccc(C(O)C(CN)c2ccc(F)cc2F)c1C. The largest absolute Gasteiger partial charge is 0.388 e. The lowest BCUT2D eigenvalue weighted by Gasteiger charge is -2.24. The molecule has 2 aromatic rings. The van der Waals surface area contributed by atoms with Gasteiger partial charge in [-0.1, -0.05) is 24.3 Å². The quantitative estimate of drug-likeness (QED) is 0.907. The topological polar surface area (TPSA) is 46.2 Å². The first-order valence-corrected chi connectivity index (χ1v) is 6.85. The molecule has 112 valence electrons. The summed E-state index contributed by atoms with van der Waals surface area (Å²) in [5.74, 6) is -1.95. The Kier molecular flexibility index (Phi) is 4.70. The summed E-state index contributed by atoms with van der Waals surface area (Å²) in [5.41, 5.74) is 8.66. The van der Waals surface area contributed by atoms with Gasteiger partial charge in [0.2, 0.25) is 0 Å². The maximum absolute atomic E-state index is 13.9. The van der Waals surface area contributed by atoms with Crippen LogP contribution in [0.2, 0.25) is 0 Å². The van der Waals surface area contributed by atoms with Crippen molar-refractivity contribution in [1.29, 1.82) is 0 Å². The van der Waals surface area contributed by atoms with Crippen LogP contribution in [0.3, 0.4) is 0 Å². The number of aryl methyl sites for hydroxylation is 1.